The van der Waals surface area contributed by atoms with Crippen LogP contribution in [0.2, 0.25) is 0 Å². The molecular formula is C17H15F3N6. The lowest BCUT2D eigenvalue weighted by Gasteiger charge is -2.06. The van der Waals surface area contributed by atoms with Crippen molar-refractivity contribution in [1.82, 2.24) is 29.4 Å². The van der Waals surface area contributed by atoms with E-state index < -0.39 is 11.9 Å². The lowest BCUT2D eigenvalue weighted by molar-refractivity contribution is -0.141. The number of aromatic nitrogens is 6. The molecule has 0 aliphatic carbocycles. The summed E-state index contributed by atoms with van der Waals surface area (Å²) in [6.07, 6.45) is -1.18. The predicted molar refractivity (Wildman–Crippen MR) is 89.7 cm³/mol. The number of fused-ring (bicyclic) bond motifs is 3. The van der Waals surface area contributed by atoms with E-state index in [0.717, 1.165) is 23.9 Å². The molecule has 0 aliphatic rings. The molecule has 26 heavy (non-hydrogen) atoms. The Morgan fingerprint density at radius 2 is 1.96 bits per heavy atom. The monoisotopic (exact) mass is 360 g/mol. The van der Waals surface area contributed by atoms with Crippen LogP contribution in [0.5, 0.6) is 0 Å². The van der Waals surface area contributed by atoms with Gasteiger partial charge in [0.1, 0.15) is 5.69 Å². The topological polar surface area (TPSA) is 60.9 Å². The van der Waals surface area contributed by atoms with Crippen molar-refractivity contribution in [3.8, 4) is 11.3 Å². The van der Waals surface area contributed by atoms with Gasteiger partial charge >= 0.3 is 6.18 Å². The Hall–Kier alpha value is -2.97. The van der Waals surface area contributed by atoms with Crippen molar-refractivity contribution in [3.63, 3.8) is 0 Å². The molecular weight excluding hydrogens is 345 g/mol. The van der Waals surface area contributed by atoms with Crippen LogP contribution >= 0.6 is 0 Å². The third kappa shape index (κ3) is 2.34. The normalized spacial score (nSPS) is 12.4. The Balaban J connectivity index is 2.04. The Morgan fingerprint density at radius 1 is 1.19 bits per heavy atom. The fraction of sp³-hybridized carbons (Fsp3) is 0.294. The highest BCUT2D eigenvalue weighted by Crippen LogP contribution is 2.32. The molecule has 0 atom stereocenters. The first kappa shape index (κ1) is 16.5. The molecule has 4 aromatic rings. The maximum atomic E-state index is 13.1. The Labute approximate surface area is 146 Å². The lowest BCUT2D eigenvalue weighted by atomic mass is 10.1. The van der Waals surface area contributed by atoms with Crippen molar-refractivity contribution < 1.29 is 13.2 Å². The number of pyridine rings is 1. The van der Waals surface area contributed by atoms with E-state index in [2.05, 4.69) is 20.2 Å². The molecule has 0 bridgehead atoms. The quantitative estimate of drug-likeness (QED) is 0.546. The summed E-state index contributed by atoms with van der Waals surface area (Å²) in [5.41, 5.74) is 2.47. The highest BCUT2D eigenvalue weighted by Gasteiger charge is 2.34. The second-order valence-corrected chi connectivity index (χ2v) is 6.05. The number of hydrogen-bond donors (Lipinski definition) is 0. The van der Waals surface area contributed by atoms with Crippen LogP contribution in [0.3, 0.4) is 0 Å². The first-order valence-electron chi connectivity index (χ1n) is 8.06. The van der Waals surface area contributed by atoms with E-state index in [-0.39, 0.29) is 5.65 Å². The van der Waals surface area contributed by atoms with Gasteiger partial charge in [-0.05, 0) is 38.5 Å². The van der Waals surface area contributed by atoms with Crippen LogP contribution in [0.15, 0.2) is 24.5 Å². The van der Waals surface area contributed by atoms with Gasteiger partial charge in [0.2, 0.25) is 0 Å². The third-order valence-electron chi connectivity index (χ3n) is 4.44. The highest BCUT2D eigenvalue weighted by molar-refractivity contribution is 5.93. The van der Waals surface area contributed by atoms with Gasteiger partial charge in [0.25, 0.3) is 0 Å². The van der Waals surface area contributed by atoms with Gasteiger partial charge in [0.15, 0.2) is 11.3 Å². The highest BCUT2D eigenvalue weighted by atomic mass is 19.4. The second kappa shape index (κ2) is 5.52. The minimum atomic E-state index is -4.52. The maximum Gasteiger partial charge on any atom is 0.433 e. The van der Waals surface area contributed by atoms with E-state index in [1.165, 1.54) is 4.52 Å². The van der Waals surface area contributed by atoms with Crippen molar-refractivity contribution >= 4 is 16.7 Å². The number of halogens is 3. The standard InChI is InChI=1S/C17H15F3N6/c1-4-25-10(3)11(8-22-25)12-5-6-21-16-14-9(2)7-13(17(18,19)20)23-15(14)24-26(12)16/h5-8H,4H2,1-3H3. The summed E-state index contributed by atoms with van der Waals surface area (Å²) < 4.78 is 42.6. The molecule has 0 amide bonds. The first-order valence-corrected chi connectivity index (χ1v) is 8.06. The zero-order valence-electron chi connectivity index (χ0n) is 14.3. The van der Waals surface area contributed by atoms with E-state index in [4.69, 9.17) is 0 Å². The van der Waals surface area contributed by atoms with Crippen molar-refractivity contribution in [2.45, 2.75) is 33.5 Å². The lowest BCUT2D eigenvalue weighted by Crippen LogP contribution is -2.08. The van der Waals surface area contributed by atoms with Gasteiger partial charge in [0, 0.05) is 24.0 Å². The third-order valence-corrected chi connectivity index (χ3v) is 4.44. The van der Waals surface area contributed by atoms with Crippen LogP contribution in [0.4, 0.5) is 13.2 Å². The van der Waals surface area contributed by atoms with Crippen LogP contribution < -0.4 is 0 Å². The van der Waals surface area contributed by atoms with E-state index in [0.29, 0.717) is 22.3 Å². The van der Waals surface area contributed by atoms with E-state index in [1.807, 2.05) is 18.5 Å². The van der Waals surface area contributed by atoms with Gasteiger partial charge in [-0.25, -0.2) is 14.5 Å². The van der Waals surface area contributed by atoms with Gasteiger partial charge in [-0.1, -0.05) is 0 Å². The van der Waals surface area contributed by atoms with E-state index >= 15 is 0 Å². The zero-order valence-corrected chi connectivity index (χ0v) is 14.3. The summed E-state index contributed by atoms with van der Waals surface area (Å²) in [4.78, 5) is 8.02. The minimum absolute atomic E-state index is 0.0258. The predicted octanol–water partition coefficient (Wildman–Crippen LogP) is 3.80. The summed E-state index contributed by atoms with van der Waals surface area (Å²) in [7, 11) is 0. The molecule has 4 aromatic heterocycles. The molecule has 9 heteroatoms. The van der Waals surface area contributed by atoms with Crippen molar-refractivity contribution in [2.75, 3.05) is 0 Å². The van der Waals surface area contributed by atoms with Crippen molar-refractivity contribution in [3.05, 3.63) is 41.5 Å². The van der Waals surface area contributed by atoms with Crippen molar-refractivity contribution in [1.29, 1.82) is 0 Å². The summed E-state index contributed by atoms with van der Waals surface area (Å²) in [5.74, 6) is 0. The number of rotatable bonds is 2. The van der Waals surface area contributed by atoms with Crippen LogP contribution in [0.1, 0.15) is 23.9 Å². The molecule has 4 heterocycles. The number of nitrogens with zero attached hydrogens (tertiary/aromatic N) is 6. The molecule has 0 fully saturated rings. The SMILES string of the molecule is CCn1ncc(-c2ccnc3c4c(C)cc(C(F)(F)F)nc4nn23)c1C. The molecule has 0 aliphatic heterocycles. The molecule has 0 saturated heterocycles. The Morgan fingerprint density at radius 3 is 2.62 bits per heavy atom. The summed E-state index contributed by atoms with van der Waals surface area (Å²) in [6, 6.07) is 2.79. The second-order valence-electron chi connectivity index (χ2n) is 6.05. The molecule has 0 N–H and O–H groups in total. The molecule has 0 spiro atoms. The maximum absolute atomic E-state index is 13.1. The van der Waals surface area contributed by atoms with Crippen LogP contribution in [0.25, 0.3) is 27.9 Å². The number of aryl methyl sites for hydroxylation is 2. The molecule has 4 rings (SSSR count). The summed E-state index contributed by atoms with van der Waals surface area (Å²) in [5, 5.41) is 9.15. The van der Waals surface area contributed by atoms with Gasteiger partial charge < -0.3 is 0 Å². The molecule has 0 saturated carbocycles. The van der Waals surface area contributed by atoms with Gasteiger partial charge in [-0.2, -0.15) is 18.3 Å². The Kier molecular flexibility index (Phi) is 3.50. The molecule has 0 aromatic carbocycles. The largest absolute Gasteiger partial charge is 0.433 e. The summed E-state index contributed by atoms with van der Waals surface area (Å²) in [6.45, 7) is 6.25. The number of alkyl halides is 3. The van der Waals surface area contributed by atoms with E-state index in [9.17, 15) is 13.2 Å². The molecule has 6 nitrogen and oxygen atoms in total. The molecule has 0 radical (unpaired) electrons. The first-order chi connectivity index (χ1) is 12.3. The summed E-state index contributed by atoms with van der Waals surface area (Å²) >= 11 is 0. The average Bonchev–Trinajstić information content (AvgIpc) is 3.14. The van der Waals surface area contributed by atoms with Crippen molar-refractivity contribution in [2.24, 2.45) is 0 Å². The van der Waals surface area contributed by atoms with Gasteiger partial charge in [-0.3, -0.25) is 4.68 Å². The fourth-order valence-electron chi connectivity index (χ4n) is 3.15. The number of hydrogen-bond acceptors (Lipinski definition) is 4. The van der Waals surface area contributed by atoms with E-state index in [1.54, 1.807) is 25.4 Å². The average molecular weight is 360 g/mol. The fourth-order valence-corrected chi connectivity index (χ4v) is 3.15. The zero-order chi connectivity index (χ0) is 18.6. The minimum Gasteiger partial charge on any atom is -0.269 e. The molecule has 0 unspecified atom stereocenters. The van der Waals surface area contributed by atoms with Gasteiger partial charge in [0.05, 0.1) is 17.3 Å². The van der Waals surface area contributed by atoms with Crippen LogP contribution in [-0.4, -0.2) is 29.4 Å². The Bertz CT molecular complexity index is 1140. The van der Waals surface area contributed by atoms with Crippen LogP contribution in [0, 0.1) is 13.8 Å². The van der Waals surface area contributed by atoms with Crippen LogP contribution in [-0.2, 0) is 12.7 Å². The van der Waals surface area contributed by atoms with Gasteiger partial charge in [-0.15, -0.1) is 5.10 Å². The molecule has 134 valence electrons. The smallest absolute Gasteiger partial charge is 0.269 e.